The minimum absolute atomic E-state index is 0.511. The highest BCUT2D eigenvalue weighted by Crippen LogP contribution is 2.07. The number of aromatic nitrogens is 2. The van der Waals surface area contributed by atoms with Gasteiger partial charge in [0, 0.05) is 13.2 Å². The molecule has 2 rings (SSSR count). The molecule has 1 aromatic carbocycles. The normalized spacial score (nSPS) is 10.5. The Hall–Kier alpha value is -1.96. The van der Waals surface area contributed by atoms with E-state index in [1.807, 2.05) is 38.1 Å². The van der Waals surface area contributed by atoms with Crippen molar-refractivity contribution >= 4 is 11.0 Å². The number of fused-ring (bicyclic) bond motifs is 1. The predicted molar refractivity (Wildman–Crippen MR) is 73.5 cm³/mol. The lowest BCUT2D eigenvalue weighted by molar-refractivity contribution is -0.0969. The molecule has 0 saturated carbocycles. The highest BCUT2D eigenvalue weighted by molar-refractivity contribution is 5.74. The summed E-state index contributed by atoms with van der Waals surface area (Å²) in [5, 5.41) is 0. The Kier molecular flexibility index (Phi) is 4.85. The smallest absolute Gasteiger partial charge is 0.222 e. The molecule has 4 heteroatoms. The summed E-state index contributed by atoms with van der Waals surface area (Å²) in [5.41, 5.74) is 2.31. The molecule has 0 bridgehead atoms. The molecule has 1 aromatic heterocycles. The van der Waals surface area contributed by atoms with E-state index in [4.69, 9.17) is 9.47 Å². The van der Waals surface area contributed by atoms with Crippen LogP contribution < -0.4 is 0 Å². The highest BCUT2D eigenvalue weighted by atomic mass is 16.7. The molecule has 0 N–H and O–H groups in total. The second-order valence-electron chi connectivity index (χ2n) is 3.76. The van der Waals surface area contributed by atoms with E-state index in [0.717, 1.165) is 11.0 Å². The minimum atomic E-state index is -0.511. The zero-order chi connectivity index (χ0) is 13.5. The van der Waals surface area contributed by atoms with Gasteiger partial charge in [-0.2, -0.15) is 0 Å². The maximum Gasteiger partial charge on any atom is 0.222 e. The molecule has 98 valence electrons. The number of nitrogens with zero attached hydrogens (tertiary/aromatic N) is 2. The van der Waals surface area contributed by atoms with Gasteiger partial charge in [-0.3, -0.25) is 4.98 Å². The van der Waals surface area contributed by atoms with Gasteiger partial charge in [-0.25, -0.2) is 4.98 Å². The molecule has 0 fully saturated rings. The van der Waals surface area contributed by atoms with Gasteiger partial charge in [0.2, 0.25) is 6.29 Å². The first-order valence-corrected chi connectivity index (χ1v) is 6.30. The number of ether oxygens (including phenoxy) is 2. The standard InChI is InChI=1S/C15H16N2O2/c1-3-18-15(19-4-2)10-9-12-11-16-13-7-5-6-8-14(13)17-12/h5-8,11,15H,3-4H2,1-2H3. The molecule has 0 atom stereocenters. The van der Waals surface area contributed by atoms with E-state index >= 15 is 0 Å². The molecule has 19 heavy (non-hydrogen) atoms. The van der Waals surface area contributed by atoms with E-state index in [2.05, 4.69) is 21.8 Å². The Bertz CT molecular complexity index is 596. The first kappa shape index (κ1) is 13.5. The first-order valence-electron chi connectivity index (χ1n) is 6.30. The fourth-order valence-corrected chi connectivity index (χ4v) is 1.58. The van der Waals surface area contributed by atoms with Crippen LogP contribution >= 0.6 is 0 Å². The average Bonchev–Trinajstić information content (AvgIpc) is 2.45. The largest absolute Gasteiger partial charge is 0.342 e. The Balaban J connectivity index is 2.20. The monoisotopic (exact) mass is 256 g/mol. The van der Waals surface area contributed by atoms with Gasteiger partial charge < -0.3 is 9.47 Å². The lowest BCUT2D eigenvalue weighted by Crippen LogP contribution is -2.14. The highest BCUT2D eigenvalue weighted by Gasteiger charge is 2.02. The molecular weight excluding hydrogens is 240 g/mol. The summed E-state index contributed by atoms with van der Waals surface area (Å²) in [6.45, 7) is 4.93. The number of para-hydroxylation sites is 2. The summed E-state index contributed by atoms with van der Waals surface area (Å²) in [6, 6.07) is 7.69. The van der Waals surface area contributed by atoms with Crippen molar-refractivity contribution in [3.8, 4) is 11.8 Å². The van der Waals surface area contributed by atoms with Crippen molar-refractivity contribution < 1.29 is 9.47 Å². The summed E-state index contributed by atoms with van der Waals surface area (Å²) in [5.74, 6) is 5.84. The lowest BCUT2D eigenvalue weighted by Gasteiger charge is -2.09. The van der Waals surface area contributed by atoms with Gasteiger partial charge in [0.1, 0.15) is 5.69 Å². The first-order chi connectivity index (χ1) is 9.33. The van der Waals surface area contributed by atoms with Crippen molar-refractivity contribution in [3.05, 3.63) is 36.2 Å². The van der Waals surface area contributed by atoms with Crippen LogP contribution in [0.2, 0.25) is 0 Å². The molecule has 0 unspecified atom stereocenters. The van der Waals surface area contributed by atoms with Crippen LogP contribution in [0.5, 0.6) is 0 Å². The van der Waals surface area contributed by atoms with Crippen molar-refractivity contribution in [2.45, 2.75) is 20.1 Å². The number of hydrogen-bond donors (Lipinski definition) is 0. The Labute approximate surface area is 112 Å². The maximum atomic E-state index is 5.35. The molecule has 2 aromatic rings. The van der Waals surface area contributed by atoms with Crippen LogP contribution in [0, 0.1) is 11.8 Å². The molecular formula is C15H16N2O2. The molecule has 0 aliphatic heterocycles. The lowest BCUT2D eigenvalue weighted by atomic mass is 10.3. The van der Waals surface area contributed by atoms with Gasteiger partial charge in [0.05, 0.1) is 17.2 Å². The molecule has 0 aliphatic rings. The van der Waals surface area contributed by atoms with Crippen molar-refractivity contribution in [1.82, 2.24) is 9.97 Å². The predicted octanol–water partition coefficient (Wildman–Crippen LogP) is 2.38. The van der Waals surface area contributed by atoms with Crippen LogP contribution in [0.3, 0.4) is 0 Å². The van der Waals surface area contributed by atoms with E-state index in [1.54, 1.807) is 6.20 Å². The number of benzene rings is 1. The minimum Gasteiger partial charge on any atom is -0.342 e. The zero-order valence-electron chi connectivity index (χ0n) is 11.1. The van der Waals surface area contributed by atoms with E-state index in [0.29, 0.717) is 18.9 Å². The van der Waals surface area contributed by atoms with Gasteiger partial charge in [0.25, 0.3) is 0 Å². The van der Waals surface area contributed by atoms with Crippen LogP contribution in [0.15, 0.2) is 30.5 Å². The Morgan fingerprint density at radius 3 is 2.47 bits per heavy atom. The van der Waals surface area contributed by atoms with E-state index < -0.39 is 6.29 Å². The van der Waals surface area contributed by atoms with Crippen molar-refractivity contribution in [2.24, 2.45) is 0 Å². The number of rotatable bonds is 4. The molecule has 4 nitrogen and oxygen atoms in total. The molecule has 0 radical (unpaired) electrons. The fraction of sp³-hybridized carbons (Fsp3) is 0.333. The Morgan fingerprint density at radius 2 is 1.79 bits per heavy atom. The van der Waals surface area contributed by atoms with Gasteiger partial charge in [-0.1, -0.05) is 12.1 Å². The van der Waals surface area contributed by atoms with Gasteiger partial charge in [-0.05, 0) is 37.8 Å². The quantitative estimate of drug-likeness (QED) is 0.622. The van der Waals surface area contributed by atoms with Crippen LogP contribution in [0.25, 0.3) is 11.0 Å². The van der Waals surface area contributed by atoms with E-state index in [-0.39, 0.29) is 0 Å². The molecule has 1 heterocycles. The zero-order valence-corrected chi connectivity index (χ0v) is 11.1. The topological polar surface area (TPSA) is 44.2 Å². The average molecular weight is 256 g/mol. The summed E-state index contributed by atoms with van der Waals surface area (Å²) in [6.07, 6.45) is 1.15. The third-order valence-corrected chi connectivity index (χ3v) is 2.40. The van der Waals surface area contributed by atoms with Crippen LogP contribution in [-0.4, -0.2) is 29.5 Å². The summed E-state index contributed by atoms with van der Waals surface area (Å²) < 4.78 is 10.7. The molecule has 0 amide bonds. The number of hydrogen-bond acceptors (Lipinski definition) is 4. The van der Waals surface area contributed by atoms with Crippen molar-refractivity contribution in [1.29, 1.82) is 0 Å². The SMILES string of the molecule is CCOC(C#Cc1cnc2ccccc2n1)OCC. The van der Waals surface area contributed by atoms with E-state index in [9.17, 15) is 0 Å². The van der Waals surface area contributed by atoms with Crippen LogP contribution in [0.4, 0.5) is 0 Å². The maximum absolute atomic E-state index is 5.35. The van der Waals surface area contributed by atoms with Crippen LogP contribution in [0.1, 0.15) is 19.5 Å². The molecule has 0 spiro atoms. The van der Waals surface area contributed by atoms with Crippen LogP contribution in [-0.2, 0) is 9.47 Å². The second kappa shape index (κ2) is 6.83. The van der Waals surface area contributed by atoms with Crippen molar-refractivity contribution in [3.63, 3.8) is 0 Å². The Morgan fingerprint density at radius 1 is 1.11 bits per heavy atom. The van der Waals surface area contributed by atoms with Gasteiger partial charge >= 0.3 is 0 Å². The van der Waals surface area contributed by atoms with Gasteiger partial charge in [-0.15, -0.1) is 0 Å². The summed E-state index contributed by atoms with van der Waals surface area (Å²) in [7, 11) is 0. The molecule has 0 aliphatic carbocycles. The third kappa shape index (κ3) is 3.75. The summed E-state index contributed by atoms with van der Waals surface area (Å²) in [4.78, 5) is 8.72. The second-order valence-corrected chi connectivity index (χ2v) is 3.76. The summed E-state index contributed by atoms with van der Waals surface area (Å²) >= 11 is 0. The third-order valence-electron chi connectivity index (χ3n) is 2.40. The van der Waals surface area contributed by atoms with E-state index in [1.165, 1.54) is 0 Å². The fourth-order valence-electron chi connectivity index (χ4n) is 1.58. The molecule has 0 saturated heterocycles. The van der Waals surface area contributed by atoms with Gasteiger partial charge in [0.15, 0.2) is 0 Å². The van der Waals surface area contributed by atoms with Crippen molar-refractivity contribution in [2.75, 3.05) is 13.2 Å².